The zero-order valence-electron chi connectivity index (χ0n) is 14.4. The van der Waals surface area contributed by atoms with Crippen LogP contribution in [-0.2, 0) is 9.57 Å². The largest absolute Gasteiger partial charge is 0.375 e. The average Bonchev–Trinajstić information content (AvgIpc) is 2.93. The van der Waals surface area contributed by atoms with Crippen LogP contribution >= 0.6 is 0 Å². The topological polar surface area (TPSA) is 65.4 Å². The molecule has 6 nitrogen and oxygen atoms in total. The number of fused-ring (bicyclic) bond motifs is 3. The highest BCUT2D eigenvalue weighted by Crippen LogP contribution is 2.56. The summed E-state index contributed by atoms with van der Waals surface area (Å²) in [7, 11) is 1.65. The third-order valence-corrected chi connectivity index (χ3v) is 6.19. The third kappa shape index (κ3) is 1.95. The Labute approximate surface area is 132 Å². The average molecular weight is 314 g/mol. The molecular weight excluding hydrogens is 284 g/mol. The van der Waals surface area contributed by atoms with Gasteiger partial charge in [0.2, 0.25) is 0 Å². The molecule has 4 atom stereocenters. The summed E-state index contributed by atoms with van der Waals surface area (Å²) >= 11 is 0. The van der Waals surface area contributed by atoms with Crippen LogP contribution in [-0.4, -0.2) is 56.7 Å². The van der Waals surface area contributed by atoms with Gasteiger partial charge in [-0.15, -0.1) is 0 Å². The van der Waals surface area contributed by atoms with Crippen LogP contribution < -0.4 is 0 Å². The Hall–Kier alpha value is -0.240. The van der Waals surface area contributed by atoms with Gasteiger partial charge in [0.25, 0.3) is 0 Å². The number of aliphatic hydroxyl groups is 1. The maximum Gasteiger partial charge on any atom is 0.191 e. The van der Waals surface area contributed by atoms with Crippen molar-refractivity contribution < 1.29 is 19.9 Å². The van der Waals surface area contributed by atoms with E-state index >= 15 is 0 Å². The summed E-state index contributed by atoms with van der Waals surface area (Å²) in [6.45, 7) is 7.79. The molecule has 0 aromatic rings. The Kier molecular flexibility index (Phi) is 3.87. The van der Waals surface area contributed by atoms with Crippen molar-refractivity contribution in [2.75, 3.05) is 7.11 Å². The van der Waals surface area contributed by atoms with Crippen LogP contribution in [0.2, 0.25) is 0 Å². The van der Waals surface area contributed by atoms with Gasteiger partial charge in [-0.25, -0.2) is 0 Å². The van der Waals surface area contributed by atoms with Crippen LogP contribution in [0.5, 0.6) is 0 Å². The summed E-state index contributed by atoms with van der Waals surface area (Å²) in [5.41, 5.74) is -1.54. The second-order valence-electron chi connectivity index (χ2n) is 7.89. The van der Waals surface area contributed by atoms with E-state index < -0.39 is 17.1 Å². The van der Waals surface area contributed by atoms with E-state index in [1.165, 1.54) is 5.06 Å². The number of nitrogens with zero attached hydrogens (tertiary/aromatic N) is 2. The Bertz CT molecular complexity index is 444. The molecule has 0 spiro atoms. The van der Waals surface area contributed by atoms with Crippen molar-refractivity contribution in [2.24, 2.45) is 5.92 Å². The molecule has 3 aliphatic rings. The summed E-state index contributed by atoms with van der Waals surface area (Å²) in [6.07, 6.45) is 4.46. The highest BCUT2D eigenvalue weighted by atomic mass is 16.8. The summed E-state index contributed by atoms with van der Waals surface area (Å²) in [6, 6.07) is 0.140. The van der Waals surface area contributed by atoms with Gasteiger partial charge < -0.3 is 15.1 Å². The zero-order chi connectivity index (χ0) is 16.3. The minimum atomic E-state index is -1.28. The molecule has 0 aromatic carbocycles. The predicted octanol–water partition coefficient (Wildman–Crippen LogP) is 2.11. The van der Waals surface area contributed by atoms with Crippen LogP contribution in [0.1, 0.15) is 59.8 Å². The molecule has 1 aliphatic carbocycles. The molecule has 0 radical (unpaired) electrons. The van der Waals surface area contributed by atoms with Gasteiger partial charge >= 0.3 is 0 Å². The number of hydrogen-bond acceptors (Lipinski definition) is 6. The lowest BCUT2D eigenvalue weighted by Crippen LogP contribution is -2.64. The molecule has 3 fully saturated rings. The fourth-order valence-corrected chi connectivity index (χ4v) is 4.39. The molecule has 0 aromatic heterocycles. The van der Waals surface area contributed by atoms with Crippen LogP contribution in [0, 0.1) is 5.92 Å². The van der Waals surface area contributed by atoms with E-state index in [-0.39, 0.29) is 18.0 Å². The van der Waals surface area contributed by atoms with Gasteiger partial charge in [-0.2, -0.15) is 10.1 Å². The van der Waals surface area contributed by atoms with Crippen molar-refractivity contribution in [1.29, 1.82) is 0 Å². The van der Waals surface area contributed by atoms with Gasteiger partial charge in [0.15, 0.2) is 11.4 Å². The van der Waals surface area contributed by atoms with Crippen LogP contribution in [0.25, 0.3) is 0 Å². The van der Waals surface area contributed by atoms with Crippen molar-refractivity contribution in [2.45, 2.75) is 88.9 Å². The minimum Gasteiger partial charge on any atom is -0.375 e. The summed E-state index contributed by atoms with van der Waals surface area (Å²) in [4.78, 5) is 6.07. The van der Waals surface area contributed by atoms with Crippen LogP contribution in [0.3, 0.4) is 0 Å². The molecule has 0 unspecified atom stereocenters. The second-order valence-corrected chi connectivity index (χ2v) is 7.89. The molecule has 2 N–H and O–H groups in total. The lowest BCUT2D eigenvalue weighted by molar-refractivity contribution is -0.338. The van der Waals surface area contributed by atoms with Crippen molar-refractivity contribution >= 4 is 0 Å². The fraction of sp³-hybridized carbons (Fsp3) is 1.00. The molecule has 0 bridgehead atoms. The predicted molar refractivity (Wildman–Crippen MR) is 80.8 cm³/mol. The van der Waals surface area contributed by atoms with E-state index in [9.17, 15) is 10.3 Å². The van der Waals surface area contributed by atoms with E-state index in [0.717, 1.165) is 25.7 Å². The van der Waals surface area contributed by atoms with Crippen LogP contribution in [0.15, 0.2) is 0 Å². The van der Waals surface area contributed by atoms with Crippen molar-refractivity contribution in [3.8, 4) is 0 Å². The normalized spacial score (nSPS) is 43.6. The number of methoxy groups -OCH3 is 1. The highest BCUT2D eigenvalue weighted by Gasteiger charge is 2.73. The van der Waals surface area contributed by atoms with Crippen LogP contribution in [0.4, 0.5) is 0 Å². The van der Waals surface area contributed by atoms with Gasteiger partial charge in [-0.05, 0) is 26.7 Å². The fourth-order valence-electron chi connectivity index (χ4n) is 4.39. The zero-order valence-corrected chi connectivity index (χ0v) is 14.4. The van der Waals surface area contributed by atoms with Crippen molar-refractivity contribution in [3.05, 3.63) is 0 Å². The number of hydrogen-bond donors (Lipinski definition) is 2. The highest BCUT2D eigenvalue weighted by molar-refractivity contribution is 5.14. The van der Waals surface area contributed by atoms with E-state index in [0.29, 0.717) is 6.42 Å². The van der Waals surface area contributed by atoms with E-state index in [1.54, 1.807) is 7.11 Å². The maximum atomic E-state index is 11.0. The quantitative estimate of drug-likeness (QED) is 0.832. The minimum absolute atomic E-state index is 0.0416. The number of rotatable bonds is 3. The molecule has 0 amide bonds. The molecule has 22 heavy (non-hydrogen) atoms. The summed E-state index contributed by atoms with van der Waals surface area (Å²) < 4.78 is 5.74. The Balaban J connectivity index is 2.07. The first-order chi connectivity index (χ1) is 10.2. The summed E-state index contributed by atoms with van der Waals surface area (Å²) in [5, 5.41) is 25.3. The molecule has 2 aliphatic heterocycles. The second kappa shape index (κ2) is 5.13. The molecule has 3 rings (SSSR count). The lowest BCUT2D eigenvalue weighted by Gasteiger charge is -2.46. The Morgan fingerprint density at radius 1 is 1.23 bits per heavy atom. The molecule has 6 heteroatoms. The maximum absolute atomic E-state index is 11.0. The molecular formula is C16H30N2O4. The third-order valence-electron chi connectivity index (χ3n) is 6.19. The summed E-state index contributed by atoms with van der Waals surface area (Å²) in [5.74, 6) is -1.35. The van der Waals surface area contributed by atoms with Gasteiger partial charge in [0.05, 0.1) is 17.7 Å². The number of ether oxygens (including phenoxy) is 1. The molecule has 2 heterocycles. The van der Waals surface area contributed by atoms with E-state index in [2.05, 4.69) is 0 Å². The van der Waals surface area contributed by atoms with E-state index in [1.807, 2.05) is 32.8 Å². The van der Waals surface area contributed by atoms with Gasteiger partial charge in [0, 0.05) is 19.4 Å². The van der Waals surface area contributed by atoms with Gasteiger partial charge in [-0.3, -0.25) is 4.84 Å². The monoisotopic (exact) mass is 314 g/mol. The smallest absolute Gasteiger partial charge is 0.191 e. The molecule has 2 saturated heterocycles. The molecule has 128 valence electrons. The standard InChI is InChI=1S/C16H30N2O4/c1-11(2)15(19)10-16(14(3,4)21-5)17(20)12-8-6-7-9-13(12)18(16)22-15/h11-13,19-20H,6-10H2,1-5H3/t12-,13+,15+,16+/m1/s1. The molecule has 1 saturated carbocycles. The van der Waals surface area contributed by atoms with E-state index in [4.69, 9.17) is 9.57 Å². The lowest BCUT2D eigenvalue weighted by atomic mass is 9.82. The number of hydroxylamine groups is 4. The van der Waals surface area contributed by atoms with Gasteiger partial charge in [0.1, 0.15) is 0 Å². The SMILES string of the molecule is COC(C)(C)[C@]12C[C@@](O)(C(C)C)ON1[C@H]1CCCC[C@H]1N2O. The first-order valence-electron chi connectivity index (χ1n) is 8.44. The van der Waals surface area contributed by atoms with Crippen molar-refractivity contribution in [1.82, 2.24) is 10.1 Å². The first-order valence-corrected chi connectivity index (χ1v) is 8.44. The Morgan fingerprint density at radius 2 is 1.82 bits per heavy atom. The Morgan fingerprint density at radius 3 is 2.36 bits per heavy atom. The first kappa shape index (κ1) is 16.6. The van der Waals surface area contributed by atoms with Crippen molar-refractivity contribution in [3.63, 3.8) is 0 Å². The van der Waals surface area contributed by atoms with Gasteiger partial charge in [-0.1, -0.05) is 26.7 Å².